The SMILES string of the molecule is CC(=O)N[C@@H](CS(=O)CCOC(C)C)C(=O)O. The number of hydrogen-bond acceptors (Lipinski definition) is 4. The molecule has 0 heterocycles. The van der Waals surface area contributed by atoms with Crippen LogP contribution in [-0.2, 0) is 25.1 Å². The van der Waals surface area contributed by atoms with Gasteiger partial charge in [0, 0.05) is 23.5 Å². The molecule has 17 heavy (non-hydrogen) atoms. The molecule has 0 aliphatic carbocycles. The lowest BCUT2D eigenvalue weighted by Gasteiger charge is -2.13. The van der Waals surface area contributed by atoms with Gasteiger partial charge in [-0.1, -0.05) is 0 Å². The number of nitrogens with one attached hydrogen (secondary N) is 1. The topological polar surface area (TPSA) is 92.7 Å². The van der Waals surface area contributed by atoms with Crippen molar-refractivity contribution in [2.24, 2.45) is 0 Å². The van der Waals surface area contributed by atoms with Crippen LogP contribution in [-0.4, -0.2) is 51.5 Å². The fourth-order valence-corrected chi connectivity index (χ4v) is 2.11. The van der Waals surface area contributed by atoms with Gasteiger partial charge in [-0.3, -0.25) is 9.00 Å². The first-order valence-corrected chi connectivity index (χ1v) is 6.78. The van der Waals surface area contributed by atoms with Crippen molar-refractivity contribution in [2.75, 3.05) is 18.1 Å². The van der Waals surface area contributed by atoms with E-state index in [1.54, 1.807) is 0 Å². The van der Waals surface area contributed by atoms with Gasteiger partial charge in [-0.05, 0) is 13.8 Å². The van der Waals surface area contributed by atoms with Gasteiger partial charge in [0.2, 0.25) is 5.91 Å². The van der Waals surface area contributed by atoms with Crippen LogP contribution < -0.4 is 5.32 Å². The van der Waals surface area contributed by atoms with Gasteiger partial charge in [-0.2, -0.15) is 0 Å². The maximum atomic E-state index is 11.5. The van der Waals surface area contributed by atoms with Crippen LogP contribution in [0.2, 0.25) is 0 Å². The lowest BCUT2D eigenvalue weighted by atomic mass is 10.3. The highest BCUT2D eigenvalue weighted by Gasteiger charge is 2.21. The molecule has 2 atom stereocenters. The highest BCUT2D eigenvalue weighted by atomic mass is 32.2. The van der Waals surface area contributed by atoms with Gasteiger partial charge in [-0.25, -0.2) is 4.79 Å². The molecule has 7 heteroatoms. The Labute approximate surface area is 103 Å². The van der Waals surface area contributed by atoms with Gasteiger partial charge in [0.15, 0.2) is 0 Å². The molecule has 0 saturated heterocycles. The Bertz CT molecular complexity index is 292. The molecule has 0 spiro atoms. The number of carboxylic acid groups (broad SMARTS) is 1. The molecule has 2 N–H and O–H groups in total. The normalized spacial score (nSPS) is 14.4. The minimum atomic E-state index is -1.32. The first-order chi connectivity index (χ1) is 7.82. The predicted octanol–water partition coefficient (Wildman–Crippen LogP) is -0.251. The molecule has 6 nitrogen and oxygen atoms in total. The average molecular weight is 265 g/mol. The van der Waals surface area contributed by atoms with Crippen LogP contribution in [0.1, 0.15) is 20.8 Å². The van der Waals surface area contributed by atoms with Crippen molar-refractivity contribution in [3.05, 3.63) is 0 Å². The standard InChI is InChI=1S/C10H19NO5S/c1-7(2)16-4-5-17(15)6-9(10(13)14)11-8(3)12/h7,9H,4-6H2,1-3H3,(H,11,12)(H,13,14)/t9-,17?/m0/s1. The lowest BCUT2D eigenvalue weighted by Crippen LogP contribution is -2.43. The molecule has 0 aromatic rings. The second kappa shape index (κ2) is 8.19. The molecule has 0 bridgehead atoms. The Morgan fingerprint density at radius 2 is 2.00 bits per heavy atom. The van der Waals surface area contributed by atoms with Crippen molar-refractivity contribution >= 4 is 22.7 Å². The van der Waals surface area contributed by atoms with Crippen molar-refractivity contribution in [1.82, 2.24) is 5.32 Å². The molecule has 100 valence electrons. The molecule has 0 aliphatic rings. The molecule has 0 aromatic carbocycles. The van der Waals surface area contributed by atoms with Crippen LogP contribution in [0.4, 0.5) is 0 Å². The largest absolute Gasteiger partial charge is 0.480 e. The number of aliphatic carboxylic acids is 1. The smallest absolute Gasteiger partial charge is 0.327 e. The molecular weight excluding hydrogens is 246 g/mol. The molecule has 0 aromatic heterocycles. The molecule has 0 rings (SSSR count). The van der Waals surface area contributed by atoms with Crippen LogP contribution in [0.3, 0.4) is 0 Å². The highest BCUT2D eigenvalue weighted by molar-refractivity contribution is 7.85. The third kappa shape index (κ3) is 8.82. The Hall–Kier alpha value is -0.950. The third-order valence-electron chi connectivity index (χ3n) is 1.79. The predicted molar refractivity (Wildman–Crippen MR) is 64.2 cm³/mol. The first-order valence-electron chi connectivity index (χ1n) is 5.29. The maximum absolute atomic E-state index is 11.5. The number of amides is 1. The van der Waals surface area contributed by atoms with E-state index in [0.29, 0.717) is 6.61 Å². The summed E-state index contributed by atoms with van der Waals surface area (Å²) in [5, 5.41) is 11.0. The summed E-state index contributed by atoms with van der Waals surface area (Å²) >= 11 is 0. The minimum absolute atomic E-state index is 0.0533. The number of carboxylic acids is 1. The van der Waals surface area contributed by atoms with Gasteiger partial charge in [0.05, 0.1) is 18.5 Å². The fraction of sp³-hybridized carbons (Fsp3) is 0.800. The molecule has 0 radical (unpaired) electrons. The Kier molecular flexibility index (Phi) is 7.73. The van der Waals surface area contributed by atoms with E-state index in [9.17, 15) is 13.8 Å². The van der Waals surface area contributed by atoms with E-state index in [1.807, 2.05) is 13.8 Å². The van der Waals surface area contributed by atoms with Crippen molar-refractivity contribution < 1.29 is 23.6 Å². The Morgan fingerprint density at radius 3 is 2.41 bits per heavy atom. The van der Waals surface area contributed by atoms with Crippen LogP contribution in [0.5, 0.6) is 0 Å². The third-order valence-corrected chi connectivity index (χ3v) is 3.12. The zero-order valence-electron chi connectivity index (χ0n) is 10.3. The van der Waals surface area contributed by atoms with Crippen molar-refractivity contribution in [3.8, 4) is 0 Å². The first kappa shape index (κ1) is 16.1. The quantitative estimate of drug-likeness (QED) is 0.631. The number of rotatable bonds is 8. The summed E-state index contributed by atoms with van der Waals surface area (Å²) in [5.74, 6) is -1.47. The minimum Gasteiger partial charge on any atom is -0.480 e. The summed E-state index contributed by atoms with van der Waals surface area (Å²) < 4.78 is 16.7. The molecule has 0 fully saturated rings. The Morgan fingerprint density at radius 1 is 1.41 bits per heavy atom. The van der Waals surface area contributed by atoms with Crippen LogP contribution in [0, 0.1) is 0 Å². The van der Waals surface area contributed by atoms with E-state index < -0.39 is 28.7 Å². The molecule has 1 unspecified atom stereocenters. The number of carbonyl (C=O) groups is 2. The maximum Gasteiger partial charge on any atom is 0.327 e. The van der Waals surface area contributed by atoms with E-state index in [-0.39, 0.29) is 17.6 Å². The molecule has 1 amide bonds. The summed E-state index contributed by atoms with van der Waals surface area (Å²) in [6.07, 6.45) is 0.0533. The van der Waals surface area contributed by atoms with E-state index in [1.165, 1.54) is 6.92 Å². The zero-order valence-corrected chi connectivity index (χ0v) is 11.1. The van der Waals surface area contributed by atoms with Crippen LogP contribution in [0.15, 0.2) is 0 Å². The van der Waals surface area contributed by atoms with E-state index >= 15 is 0 Å². The number of hydrogen-bond donors (Lipinski definition) is 2. The highest BCUT2D eigenvalue weighted by Crippen LogP contribution is 1.94. The molecule has 0 aliphatic heterocycles. The summed E-state index contributed by atoms with van der Waals surface area (Å²) in [4.78, 5) is 21.5. The second-order valence-corrected chi connectivity index (χ2v) is 5.44. The van der Waals surface area contributed by atoms with Crippen molar-refractivity contribution in [3.63, 3.8) is 0 Å². The van der Waals surface area contributed by atoms with Gasteiger partial charge in [0.1, 0.15) is 6.04 Å². The second-order valence-electron chi connectivity index (χ2n) is 3.82. The summed E-state index contributed by atoms with van der Waals surface area (Å²) in [5.41, 5.74) is 0. The number of ether oxygens (including phenoxy) is 1. The van der Waals surface area contributed by atoms with E-state index in [0.717, 1.165) is 0 Å². The van der Waals surface area contributed by atoms with Crippen LogP contribution >= 0.6 is 0 Å². The average Bonchev–Trinajstić information content (AvgIpc) is 2.15. The van der Waals surface area contributed by atoms with Crippen molar-refractivity contribution in [2.45, 2.75) is 32.9 Å². The van der Waals surface area contributed by atoms with Gasteiger partial charge >= 0.3 is 5.97 Å². The summed E-state index contributed by atoms with van der Waals surface area (Å²) in [7, 11) is -1.32. The number of carbonyl (C=O) groups excluding carboxylic acids is 1. The van der Waals surface area contributed by atoms with Gasteiger partial charge < -0.3 is 15.2 Å². The monoisotopic (exact) mass is 265 g/mol. The van der Waals surface area contributed by atoms with Crippen molar-refractivity contribution in [1.29, 1.82) is 0 Å². The van der Waals surface area contributed by atoms with Crippen LogP contribution in [0.25, 0.3) is 0 Å². The van der Waals surface area contributed by atoms with Gasteiger partial charge in [0.25, 0.3) is 0 Å². The molecular formula is C10H19NO5S. The Balaban J connectivity index is 4.04. The van der Waals surface area contributed by atoms with E-state index in [2.05, 4.69) is 5.32 Å². The zero-order chi connectivity index (χ0) is 13.4. The summed E-state index contributed by atoms with van der Waals surface area (Å²) in [6.45, 7) is 5.26. The summed E-state index contributed by atoms with van der Waals surface area (Å²) in [6, 6.07) is -1.10. The lowest BCUT2D eigenvalue weighted by molar-refractivity contribution is -0.140. The molecule has 0 saturated carbocycles. The fourth-order valence-electron chi connectivity index (χ4n) is 1.07. The van der Waals surface area contributed by atoms with E-state index in [4.69, 9.17) is 9.84 Å². The van der Waals surface area contributed by atoms with Gasteiger partial charge in [-0.15, -0.1) is 0 Å².